The van der Waals surface area contributed by atoms with Gasteiger partial charge < -0.3 is 59.4 Å². The van der Waals surface area contributed by atoms with Crippen LogP contribution in [0.15, 0.2) is 23.5 Å². The van der Waals surface area contributed by atoms with Gasteiger partial charge in [-0.05, 0) is 55.9 Å². The maximum absolute atomic E-state index is 14.9. The molecule has 0 radical (unpaired) electrons. The van der Waals surface area contributed by atoms with E-state index in [-0.39, 0.29) is 42.0 Å². The summed E-state index contributed by atoms with van der Waals surface area (Å²) in [6.45, 7) is 15.9. The van der Waals surface area contributed by atoms with Gasteiger partial charge in [0.05, 0.1) is 24.9 Å². The number of allylic oxidation sites excluding steroid dienone is 2. The molecule has 0 aromatic rings. The lowest BCUT2D eigenvalue weighted by molar-refractivity contribution is -0.372. The molecule has 3 saturated carbocycles. The molecule has 0 spiro atoms. The molecule has 3 heterocycles. The van der Waals surface area contributed by atoms with Crippen molar-refractivity contribution in [1.29, 1.82) is 0 Å². The van der Waals surface area contributed by atoms with E-state index in [4.69, 9.17) is 23.7 Å². The van der Waals surface area contributed by atoms with E-state index < -0.39 is 119 Å². The monoisotopic (exact) mass is 806 g/mol. The fourth-order valence-corrected chi connectivity index (χ4v) is 12.4. The number of hydrogen-bond donors (Lipinski definition) is 7. The molecule has 15 nitrogen and oxygen atoms in total. The Morgan fingerprint density at radius 3 is 2.09 bits per heavy atom. The Bertz CT molecular complexity index is 1710. The lowest BCUT2D eigenvalue weighted by atomic mass is 9.38. The predicted molar refractivity (Wildman–Crippen MR) is 198 cm³/mol. The summed E-state index contributed by atoms with van der Waals surface area (Å²) >= 11 is 0. The van der Waals surface area contributed by atoms with E-state index in [2.05, 4.69) is 0 Å². The third-order valence-electron chi connectivity index (χ3n) is 15.8. The van der Waals surface area contributed by atoms with Crippen LogP contribution in [0.25, 0.3) is 0 Å². The first-order chi connectivity index (χ1) is 26.4. The van der Waals surface area contributed by atoms with Crippen molar-refractivity contribution in [2.24, 2.45) is 45.3 Å². The summed E-state index contributed by atoms with van der Waals surface area (Å²) in [6, 6.07) is 0. The maximum Gasteiger partial charge on any atom is 0.202 e. The fourth-order valence-electron chi connectivity index (χ4n) is 12.4. The minimum atomic E-state index is -1.73. The van der Waals surface area contributed by atoms with Crippen molar-refractivity contribution in [3.8, 4) is 0 Å². The Kier molecular flexibility index (Phi) is 10.7. The normalized spacial score (nSPS) is 52.2. The summed E-state index contributed by atoms with van der Waals surface area (Å²) in [6.07, 6.45) is -12.4. The van der Waals surface area contributed by atoms with Crippen LogP contribution in [-0.2, 0) is 38.1 Å². The molecule has 0 aromatic heterocycles. The van der Waals surface area contributed by atoms with Gasteiger partial charge in [-0.25, -0.2) is 0 Å². The molecule has 0 aromatic carbocycles. The van der Waals surface area contributed by atoms with Gasteiger partial charge in [-0.1, -0.05) is 54.0 Å². The molecule has 7 rings (SSSR count). The number of fused-ring (bicyclic) bond motifs is 5. The lowest BCUT2D eigenvalue weighted by Gasteiger charge is -2.64. The Morgan fingerprint density at radius 2 is 1.47 bits per heavy atom. The lowest BCUT2D eigenvalue weighted by Crippen LogP contribution is -2.67. The van der Waals surface area contributed by atoms with Crippen molar-refractivity contribution in [3.63, 3.8) is 0 Å². The fraction of sp³-hybridized carbons (Fsp3) is 0.833. The standard InChI is InChI=1S/C42H62O15/c1-17(2)23-13-25(46)42(9,57-23)35-22(45)14-39(6)34-21(44)12-20-19(41(34,8)26(47)15-40(35,39)7)10-11-27(38(20,4)5)55-37-33(31(51)29(49)24(16-43)54-37)56-36-32(52)30(50)28(48)18(3)53-36/h12-13,17-19,22,24,27-37,43,45,48-52H,10-11,14-16H2,1-9H3. The van der Waals surface area contributed by atoms with Crippen LogP contribution in [0.2, 0.25) is 0 Å². The summed E-state index contributed by atoms with van der Waals surface area (Å²) in [5.41, 5.74) is -4.61. The first-order valence-electron chi connectivity index (χ1n) is 20.5. The molecule has 5 fully saturated rings. The third kappa shape index (κ3) is 6.04. The van der Waals surface area contributed by atoms with E-state index in [1.165, 1.54) is 13.0 Å². The van der Waals surface area contributed by atoms with Gasteiger partial charge in [-0.2, -0.15) is 0 Å². The predicted octanol–water partition coefficient (Wildman–Crippen LogP) is 0.855. The molecule has 0 bridgehead atoms. The van der Waals surface area contributed by atoms with Crippen LogP contribution in [-0.4, -0.2) is 139 Å². The second-order valence-electron chi connectivity index (χ2n) is 19.6. The molecule has 4 aliphatic carbocycles. The van der Waals surface area contributed by atoms with E-state index in [1.807, 2.05) is 48.5 Å². The van der Waals surface area contributed by atoms with Crippen molar-refractivity contribution in [3.05, 3.63) is 23.5 Å². The van der Waals surface area contributed by atoms with E-state index >= 15 is 0 Å². The maximum atomic E-state index is 14.9. The molecule has 2 saturated heterocycles. The number of Topliss-reactive ketones (excluding diaryl/α,β-unsaturated/α-hetero) is 1. The van der Waals surface area contributed by atoms with E-state index in [0.717, 1.165) is 0 Å². The second kappa shape index (κ2) is 14.2. The number of ketones is 3. The van der Waals surface area contributed by atoms with Crippen molar-refractivity contribution in [1.82, 2.24) is 0 Å². The van der Waals surface area contributed by atoms with Gasteiger partial charge in [0.15, 0.2) is 24.0 Å². The quantitative estimate of drug-likeness (QED) is 0.189. The summed E-state index contributed by atoms with van der Waals surface area (Å²) in [5.74, 6) is -2.07. The van der Waals surface area contributed by atoms with Crippen LogP contribution >= 0.6 is 0 Å². The topological polar surface area (TPSA) is 239 Å². The third-order valence-corrected chi connectivity index (χ3v) is 15.8. The zero-order valence-electron chi connectivity index (χ0n) is 34.3. The second-order valence-corrected chi connectivity index (χ2v) is 19.6. The number of carbonyl (C=O) groups excluding carboxylic acids is 3. The molecule has 57 heavy (non-hydrogen) atoms. The van der Waals surface area contributed by atoms with Crippen molar-refractivity contribution in [2.45, 2.75) is 167 Å². The van der Waals surface area contributed by atoms with Crippen LogP contribution in [0, 0.1) is 45.3 Å². The summed E-state index contributed by atoms with van der Waals surface area (Å²) < 4.78 is 30.5. The first-order valence-corrected chi connectivity index (χ1v) is 20.5. The van der Waals surface area contributed by atoms with Gasteiger partial charge in [0.1, 0.15) is 54.3 Å². The van der Waals surface area contributed by atoms with E-state index in [1.54, 1.807) is 13.0 Å². The largest absolute Gasteiger partial charge is 0.483 e. The van der Waals surface area contributed by atoms with Gasteiger partial charge in [-0.3, -0.25) is 14.4 Å². The Labute approximate surface area is 333 Å². The smallest absolute Gasteiger partial charge is 0.202 e. The highest BCUT2D eigenvalue weighted by Gasteiger charge is 2.77. The van der Waals surface area contributed by atoms with Gasteiger partial charge in [-0.15, -0.1) is 0 Å². The number of aliphatic hydroxyl groups is 7. The SMILES string of the molecule is CC(C)C1=CC(=O)C(C)(C2C(O)CC3(C)C4C(=O)C=C5C(CCC(OC6OC(CO)C(O)C(O)C6OC6OC(C)C(O)C(O)C6O)C5(C)C)C4(C)C(=O)CC23C)O1. The molecule has 19 atom stereocenters. The number of rotatable bonds is 7. The summed E-state index contributed by atoms with van der Waals surface area (Å²) in [4.78, 5) is 43.4. The van der Waals surface area contributed by atoms with Crippen LogP contribution in [0.4, 0.5) is 0 Å². The number of hydrogen-bond acceptors (Lipinski definition) is 15. The van der Waals surface area contributed by atoms with Crippen molar-refractivity contribution in [2.75, 3.05) is 6.61 Å². The van der Waals surface area contributed by atoms with Crippen LogP contribution in [0.3, 0.4) is 0 Å². The van der Waals surface area contributed by atoms with Crippen LogP contribution in [0.5, 0.6) is 0 Å². The van der Waals surface area contributed by atoms with Gasteiger partial charge in [0.25, 0.3) is 0 Å². The van der Waals surface area contributed by atoms with E-state index in [0.29, 0.717) is 24.2 Å². The van der Waals surface area contributed by atoms with Crippen LogP contribution < -0.4 is 0 Å². The highest BCUT2D eigenvalue weighted by molar-refractivity contribution is 6.03. The van der Waals surface area contributed by atoms with Gasteiger partial charge >= 0.3 is 0 Å². The molecular weight excluding hydrogens is 744 g/mol. The van der Waals surface area contributed by atoms with Gasteiger partial charge in [0.2, 0.25) is 5.78 Å². The molecular formula is C42H62O15. The highest BCUT2D eigenvalue weighted by atomic mass is 16.8. The highest BCUT2D eigenvalue weighted by Crippen LogP contribution is 2.74. The average Bonchev–Trinajstić information content (AvgIpc) is 3.54. The number of aliphatic hydroxyl groups excluding tert-OH is 7. The average molecular weight is 807 g/mol. The minimum Gasteiger partial charge on any atom is -0.483 e. The van der Waals surface area contributed by atoms with Crippen molar-refractivity contribution < 1.29 is 73.8 Å². The van der Waals surface area contributed by atoms with Gasteiger partial charge in [0, 0.05) is 41.1 Å². The number of carbonyl (C=O) groups is 3. The molecule has 0 amide bonds. The number of ether oxygens (including phenoxy) is 5. The summed E-state index contributed by atoms with van der Waals surface area (Å²) in [5, 5.41) is 75.2. The summed E-state index contributed by atoms with van der Waals surface area (Å²) in [7, 11) is 0. The Morgan fingerprint density at radius 1 is 0.807 bits per heavy atom. The van der Waals surface area contributed by atoms with Crippen molar-refractivity contribution >= 4 is 17.3 Å². The Hall–Kier alpha value is -2.15. The molecule has 3 aliphatic heterocycles. The van der Waals surface area contributed by atoms with E-state index in [9.17, 15) is 50.1 Å². The molecule has 7 N–H and O–H groups in total. The van der Waals surface area contributed by atoms with Crippen LogP contribution in [0.1, 0.15) is 88.0 Å². The molecule has 15 heteroatoms. The molecule has 320 valence electrons. The Balaban J connectivity index is 1.19. The molecule has 7 aliphatic rings. The zero-order chi connectivity index (χ0) is 42.1. The first kappa shape index (κ1) is 43.0. The molecule has 19 unspecified atom stereocenters. The zero-order valence-corrected chi connectivity index (χ0v) is 34.3. The minimum absolute atomic E-state index is 0.0377.